The highest BCUT2D eigenvalue weighted by molar-refractivity contribution is 6.16. The fourth-order valence-electron chi connectivity index (χ4n) is 3.28. The Hall–Kier alpha value is -3.13. The summed E-state index contributed by atoms with van der Waals surface area (Å²) in [6.45, 7) is 1.41. The molecular weight excluding hydrogens is 306 g/mol. The molecule has 3 aromatic carbocycles. The van der Waals surface area contributed by atoms with E-state index in [9.17, 15) is 4.79 Å². The fraction of sp³-hybridized carbons (Fsp3) is 0.0870. The van der Waals surface area contributed by atoms with E-state index in [0.717, 1.165) is 28.9 Å². The molecule has 0 N–H and O–H groups in total. The topological polar surface area (TPSA) is 20.3 Å². The number of rotatable bonds is 3. The average molecular weight is 325 g/mol. The minimum absolute atomic E-state index is 0.128. The second-order valence-electron chi connectivity index (χ2n) is 6.27. The van der Waals surface area contributed by atoms with Gasteiger partial charge in [-0.1, -0.05) is 72.8 Å². The van der Waals surface area contributed by atoms with Gasteiger partial charge in [0.2, 0.25) is 0 Å². The van der Waals surface area contributed by atoms with Crippen LogP contribution < -0.4 is 4.90 Å². The van der Waals surface area contributed by atoms with Gasteiger partial charge in [0.1, 0.15) is 0 Å². The van der Waals surface area contributed by atoms with Crippen LogP contribution in [0.5, 0.6) is 0 Å². The van der Waals surface area contributed by atoms with Crippen LogP contribution in [-0.4, -0.2) is 12.3 Å². The molecule has 0 radical (unpaired) electrons. The van der Waals surface area contributed by atoms with Crippen LogP contribution in [0.25, 0.3) is 6.08 Å². The minimum Gasteiger partial charge on any atom is -0.362 e. The number of benzene rings is 3. The van der Waals surface area contributed by atoms with Crippen LogP contribution in [0.3, 0.4) is 0 Å². The van der Waals surface area contributed by atoms with Crippen molar-refractivity contribution in [1.82, 2.24) is 0 Å². The largest absolute Gasteiger partial charge is 0.362 e. The molecule has 0 saturated heterocycles. The number of carbonyl (C=O) groups excluding carboxylic acids is 1. The Labute approximate surface area is 148 Å². The van der Waals surface area contributed by atoms with Crippen LogP contribution in [0.2, 0.25) is 0 Å². The van der Waals surface area contributed by atoms with Crippen LogP contribution in [0.4, 0.5) is 5.69 Å². The molecule has 3 aromatic rings. The third-order valence-electron chi connectivity index (χ3n) is 4.50. The monoisotopic (exact) mass is 325 g/mol. The Bertz CT molecular complexity index is 913. The quantitative estimate of drug-likeness (QED) is 0.633. The van der Waals surface area contributed by atoms with Gasteiger partial charge in [0.25, 0.3) is 0 Å². The highest BCUT2D eigenvalue weighted by Crippen LogP contribution is 2.31. The van der Waals surface area contributed by atoms with Crippen molar-refractivity contribution in [2.45, 2.75) is 6.54 Å². The predicted molar refractivity (Wildman–Crippen MR) is 103 cm³/mol. The summed E-state index contributed by atoms with van der Waals surface area (Å²) in [6.07, 6.45) is 2.01. The molecule has 0 bridgehead atoms. The van der Waals surface area contributed by atoms with Crippen LogP contribution in [0.15, 0.2) is 90.5 Å². The lowest BCUT2D eigenvalue weighted by Gasteiger charge is -2.32. The fourth-order valence-corrected chi connectivity index (χ4v) is 3.28. The first-order chi connectivity index (χ1) is 12.3. The summed E-state index contributed by atoms with van der Waals surface area (Å²) in [7, 11) is 0. The van der Waals surface area contributed by atoms with Crippen molar-refractivity contribution >= 4 is 17.5 Å². The van der Waals surface area contributed by atoms with Crippen molar-refractivity contribution in [2.75, 3.05) is 11.4 Å². The van der Waals surface area contributed by atoms with Gasteiger partial charge in [-0.05, 0) is 29.3 Å². The third-order valence-corrected chi connectivity index (χ3v) is 4.50. The average Bonchev–Trinajstić information content (AvgIpc) is 2.67. The van der Waals surface area contributed by atoms with Crippen LogP contribution in [-0.2, 0) is 6.54 Å². The zero-order valence-corrected chi connectivity index (χ0v) is 13.9. The lowest BCUT2D eigenvalue weighted by atomic mass is 9.94. The van der Waals surface area contributed by atoms with E-state index in [1.54, 1.807) is 0 Å². The van der Waals surface area contributed by atoms with Gasteiger partial charge in [-0.15, -0.1) is 0 Å². The van der Waals surface area contributed by atoms with Gasteiger partial charge in [-0.25, -0.2) is 0 Å². The highest BCUT2D eigenvalue weighted by Gasteiger charge is 2.26. The van der Waals surface area contributed by atoms with Crippen molar-refractivity contribution in [3.05, 3.63) is 107 Å². The van der Waals surface area contributed by atoms with Gasteiger partial charge in [0.05, 0.1) is 0 Å². The molecule has 0 amide bonds. The molecule has 0 unspecified atom stereocenters. The number of fused-ring (bicyclic) bond motifs is 1. The molecule has 0 atom stereocenters. The maximum atomic E-state index is 12.9. The lowest BCUT2D eigenvalue weighted by molar-refractivity contribution is 0.103. The standard InChI is InChI=1S/C23H19NO/c25-23-20(15-18-9-3-1-4-10-18)17-24(16-19-11-5-2-6-12-19)22-14-8-7-13-21(22)23/h1-15H,16-17H2/b20-15+. The first-order valence-electron chi connectivity index (χ1n) is 8.49. The van der Waals surface area contributed by atoms with E-state index in [-0.39, 0.29) is 5.78 Å². The normalized spacial score (nSPS) is 15.3. The van der Waals surface area contributed by atoms with Gasteiger partial charge >= 0.3 is 0 Å². The maximum Gasteiger partial charge on any atom is 0.192 e. The van der Waals surface area contributed by atoms with Crippen molar-refractivity contribution in [2.24, 2.45) is 0 Å². The first kappa shape index (κ1) is 15.4. The van der Waals surface area contributed by atoms with Crippen LogP contribution in [0, 0.1) is 0 Å². The summed E-state index contributed by atoms with van der Waals surface area (Å²) in [6, 6.07) is 28.3. The molecule has 0 aliphatic carbocycles. The van der Waals surface area contributed by atoms with Crippen LogP contribution in [0.1, 0.15) is 21.5 Å². The molecule has 2 nitrogen and oxygen atoms in total. The van der Waals surface area contributed by atoms with Gasteiger partial charge in [-0.2, -0.15) is 0 Å². The summed E-state index contributed by atoms with van der Waals surface area (Å²) >= 11 is 0. The lowest BCUT2D eigenvalue weighted by Crippen LogP contribution is -2.33. The van der Waals surface area contributed by atoms with E-state index in [1.807, 2.05) is 66.7 Å². The molecule has 122 valence electrons. The summed E-state index contributed by atoms with van der Waals surface area (Å²) in [4.78, 5) is 15.2. The first-order valence-corrected chi connectivity index (χ1v) is 8.49. The van der Waals surface area contributed by atoms with E-state index in [0.29, 0.717) is 6.54 Å². The highest BCUT2D eigenvalue weighted by atomic mass is 16.1. The van der Waals surface area contributed by atoms with E-state index in [2.05, 4.69) is 29.2 Å². The molecule has 1 aliphatic rings. The molecule has 2 heteroatoms. The summed E-state index contributed by atoms with van der Waals surface area (Å²) < 4.78 is 0. The Morgan fingerprint density at radius 2 is 1.44 bits per heavy atom. The molecule has 0 aromatic heterocycles. The Morgan fingerprint density at radius 3 is 2.20 bits per heavy atom. The molecule has 0 fully saturated rings. The van der Waals surface area contributed by atoms with Crippen molar-refractivity contribution in [1.29, 1.82) is 0 Å². The van der Waals surface area contributed by atoms with E-state index >= 15 is 0 Å². The second kappa shape index (κ2) is 6.78. The van der Waals surface area contributed by atoms with E-state index < -0.39 is 0 Å². The van der Waals surface area contributed by atoms with Gasteiger partial charge in [0.15, 0.2) is 5.78 Å². The molecule has 1 heterocycles. The Kier molecular flexibility index (Phi) is 4.17. The smallest absolute Gasteiger partial charge is 0.192 e. The van der Waals surface area contributed by atoms with Gasteiger partial charge in [0, 0.05) is 29.9 Å². The summed E-state index contributed by atoms with van der Waals surface area (Å²) in [5.74, 6) is 0.128. The van der Waals surface area contributed by atoms with Gasteiger partial charge in [-0.3, -0.25) is 4.79 Å². The number of hydrogen-bond donors (Lipinski definition) is 0. The number of anilines is 1. The SMILES string of the molecule is O=C1/C(=C/c2ccccc2)CN(Cc2ccccc2)c2ccccc21. The zero-order chi connectivity index (χ0) is 17.1. The molecule has 0 spiro atoms. The number of Topliss-reactive ketones (excluding diaryl/α,β-unsaturated/α-hetero) is 1. The van der Waals surface area contributed by atoms with Crippen molar-refractivity contribution in [3.63, 3.8) is 0 Å². The molecule has 25 heavy (non-hydrogen) atoms. The van der Waals surface area contributed by atoms with Crippen molar-refractivity contribution < 1.29 is 4.79 Å². The minimum atomic E-state index is 0.128. The zero-order valence-electron chi connectivity index (χ0n) is 13.9. The Balaban J connectivity index is 1.73. The number of carbonyl (C=O) groups is 1. The van der Waals surface area contributed by atoms with Crippen molar-refractivity contribution in [3.8, 4) is 0 Å². The summed E-state index contributed by atoms with van der Waals surface area (Å²) in [5.41, 5.74) is 4.94. The third kappa shape index (κ3) is 3.24. The van der Waals surface area contributed by atoms with E-state index in [1.165, 1.54) is 5.56 Å². The second-order valence-corrected chi connectivity index (χ2v) is 6.27. The number of para-hydroxylation sites is 1. The molecule has 1 aliphatic heterocycles. The predicted octanol–water partition coefficient (Wildman–Crippen LogP) is 4.97. The van der Waals surface area contributed by atoms with Crippen LogP contribution >= 0.6 is 0 Å². The number of hydrogen-bond acceptors (Lipinski definition) is 2. The maximum absolute atomic E-state index is 12.9. The molecule has 4 rings (SSSR count). The van der Waals surface area contributed by atoms with E-state index in [4.69, 9.17) is 0 Å². The number of nitrogens with zero attached hydrogens (tertiary/aromatic N) is 1. The summed E-state index contributed by atoms with van der Waals surface area (Å²) in [5, 5.41) is 0. The molecule has 0 saturated carbocycles. The van der Waals surface area contributed by atoms with Gasteiger partial charge < -0.3 is 4.90 Å². The molecular formula is C23H19NO. The number of ketones is 1. The Morgan fingerprint density at radius 1 is 0.800 bits per heavy atom.